The predicted molar refractivity (Wildman–Crippen MR) is 57.5 cm³/mol. The highest BCUT2D eigenvalue weighted by Crippen LogP contribution is 2.34. The Balaban J connectivity index is 1.84. The summed E-state index contributed by atoms with van der Waals surface area (Å²) in [5.41, 5.74) is 5.40. The lowest BCUT2D eigenvalue weighted by Crippen LogP contribution is -2.22. The van der Waals surface area contributed by atoms with Crippen LogP contribution < -0.4 is 15.2 Å². The molecule has 1 aliphatic rings. The summed E-state index contributed by atoms with van der Waals surface area (Å²) >= 11 is 0. The number of hydrogen-bond donors (Lipinski definition) is 1. The number of benzene rings is 1. The Bertz CT molecular complexity index is 526. The third-order valence-corrected chi connectivity index (χ3v) is 2.45. The maximum Gasteiger partial charge on any atom is 0.240 e. The molecule has 1 aromatic heterocycles. The molecule has 1 atom stereocenters. The van der Waals surface area contributed by atoms with Gasteiger partial charge < -0.3 is 19.7 Å². The zero-order chi connectivity index (χ0) is 11.7. The van der Waals surface area contributed by atoms with Gasteiger partial charge >= 0.3 is 0 Å². The van der Waals surface area contributed by atoms with Gasteiger partial charge in [0, 0.05) is 0 Å². The number of nitrogens with zero attached hydrogens (tertiary/aromatic N) is 2. The second-order valence-electron chi connectivity index (χ2n) is 3.61. The van der Waals surface area contributed by atoms with Gasteiger partial charge in [0.2, 0.25) is 11.7 Å². The molecule has 6 heteroatoms. The van der Waals surface area contributed by atoms with Gasteiger partial charge in [0.1, 0.15) is 6.61 Å². The highest BCUT2D eigenvalue weighted by molar-refractivity contribution is 5.40. The predicted octanol–water partition coefficient (Wildman–Crippen LogP) is 1.04. The first-order valence-electron chi connectivity index (χ1n) is 5.28. The normalized spacial score (nSPS) is 18.1. The first-order valence-corrected chi connectivity index (χ1v) is 5.28. The first kappa shape index (κ1) is 10.1. The SMILES string of the molecule is NCc1nc(C2COc3ccccc3O2)no1. The lowest BCUT2D eigenvalue weighted by atomic mass is 10.2. The summed E-state index contributed by atoms with van der Waals surface area (Å²) in [6.07, 6.45) is -0.353. The molecule has 0 bridgehead atoms. The Hall–Kier alpha value is -2.08. The molecule has 6 nitrogen and oxygen atoms in total. The number of hydrogen-bond acceptors (Lipinski definition) is 6. The van der Waals surface area contributed by atoms with Crippen molar-refractivity contribution < 1.29 is 14.0 Å². The lowest BCUT2D eigenvalue weighted by Gasteiger charge is -2.24. The van der Waals surface area contributed by atoms with Gasteiger partial charge in [-0.1, -0.05) is 17.3 Å². The van der Waals surface area contributed by atoms with Crippen LogP contribution in [0.15, 0.2) is 28.8 Å². The highest BCUT2D eigenvalue weighted by Gasteiger charge is 2.26. The summed E-state index contributed by atoms with van der Waals surface area (Å²) in [6.45, 7) is 0.581. The van der Waals surface area contributed by atoms with E-state index in [2.05, 4.69) is 10.1 Å². The highest BCUT2D eigenvalue weighted by atomic mass is 16.6. The molecular formula is C11H11N3O3. The average Bonchev–Trinajstić information content (AvgIpc) is 2.87. The number of aromatic nitrogens is 2. The van der Waals surface area contributed by atoms with Gasteiger partial charge in [-0.05, 0) is 12.1 Å². The van der Waals surface area contributed by atoms with Gasteiger partial charge in [-0.15, -0.1) is 0 Å². The molecule has 3 rings (SSSR count). The molecule has 0 fully saturated rings. The molecule has 17 heavy (non-hydrogen) atoms. The molecule has 0 saturated heterocycles. The van der Waals surface area contributed by atoms with Crippen molar-refractivity contribution in [2.45, 2.75) is 12.6 Å². The van der Waals surface area contributed by atoms with Crippen molar-refractivity contribution in [2.75, 3.05) is 6.61 Å². The zero-order valence-corrected chi connectivity index (χ0v) is 9.00. The van der Waals surface area contributed by atoms with E-state index in [0.717, 1.165) is 5.75 Å². The second kappa shape index (κ2) is 4.06. The minimum atomic E-state index is -0.353. The zero-order valence-electron chi connectivity index (χ0n) is 9.00. The fraction of sp³-hybridized carbons (Fsp3) is 0.273. The van der Waals surface area contributed by atoms with Gasteiger partial charge in [0.15, 0.2) is 17.6 Å². The fourth-order valence-electron chi connectivity index (χ4n) is 1.63. The van der Waals surface area contributed by atoms with Crippen LogP contribution in [0.2, 0.25) is 0 Å². The van der Waals surface area contributed by atoms with Crippen LogP contribution in [-0.4, -0.2) is 16.7 Å². The van der Waals surface area contributed by atoms with Gasteiger partial charge in [-0.2, -0.15) is 4.98 Å². The van der Waals surface area contributed by atoms with Gasteiger partial charge in [-0.25, -0.2) is 0 Å². The molecule has 0 saturated carbocycles. The summed E-state index contributed by atoms with van der Waals surface area (Å²) in [7, 11) is 0. The smallest absolute Gasteiger partial charge is 0.240 e. The molecule has 1 unspecified atom stereocenters. The van der Waals surface area contributed by atoms with E-state index in [1.165, 1.54) is 0 Å². The summed E-state index contributed by atoms with van der Waals surface area (Å²) < 4.78 is 16.2. The van der Waals surface area contributed by atoms with Crippen molar-refractivity contribution >= 4 is 0 Å². The van der Waals surface area contributed by atoms with E-state index in [4.69, 9.17) is 19.7 Å². The number of nitrogens with two attached hydrogens (primary N) is 1. The monoisotopic (exact) mass is 233 g/mol. The van der Waals surface area contributed by atoms with E-state index in [1.54, 1.807) is 0 Å². The summed E-state index contributed by atoms with van der Waals surface area (Å²) in [5, 5.41) is 3.81. The Morgan fingerprint density at radius 2 is 2.12 bits per heavy atom. The van der Waals surface area contributed by atoms with Crippen LogP contribution in [0.25, 0.3) is 0 Å². The minimum absolute atomic E-state index is 0.219. The van der Waals surface area contributed by atoms with E-state index in [0.29, 0.717) is 24.1 Å². The Morgan fingerprint density at radius 1 is 1.29 bits per heavy atom. The Labute approximate surface area is 97.3 Å². The molecule has 0 radical (unpaired) electrons. The minimum Gasteiger partial charge on any atom is -0.485 e. The van der Waals surface area contributed by atoms with Gasteiger partial charge in [0.25, 0.3) is 0 Å². The van der Waals surface area contributed by atoms with E-state index < -0.39 is 0 Å². The van der Waals surface area contributed by atoms with Crippen LogP contribution in [0.3, 0.4) is 0 Å². The van der Waals surface area contributed by atoms with Crippen LogP contribution in [0.1, 0.15) is 17.8 Å². The molecule has 2 aromatic rings. The van der Waals surface area contributed by atoms with Crippen molar-refractivity contribution in [3.05, 3.63) is 36.0 Å². The molecular weight excluding hydrogens is 222 g/mol. The molecule has 0 spiro atoms. The number of para-hydroxylation sites is 2. The molecule has 88 valence electrons. The van der Waals surface area contributed by atoms with Crippen LogP contribution in [0.5, 0.6) is 11.5 Å². The first-order chi connectivity index (χ1) is 8.36. The molecule has 2 N–H and O–H groups in total. The van der Waals surface area contributed by atoms with Crippen LogP contribution in [-0.2, 0) is 6.54 Å². The van der Waals surface area contributed by atoms with E-state index in [9.17, 15) is 0 Å². The van der Waals surface area contributed by atoms with Crippen molar-refractivity contribution in [3.8, 4) is 11.5 Å². The molecule has 0 aliphatic carbocycles. The maximum absolute atomic E-state index is 5.72. The summed E-state index contributed by atoms with van der Waals surface area (Å²) in [5.74, 6) is 2.26. The van der Waals surface area contributed by atoms with Crippen molar-refractivity contribution in [1.82, 2.24) is 10.1 Å². The second-order valence-corrected chi connectivity index (χ2v) is 3.61. The van der Waals surface area contributed by atoms with Crippen LogP contribution in [0, 0.1) is 0 Å². The Kier molecular flexibility index (Phi) is 2.41. The maximum atomic E-state index is 5.72. The molecule has 0 amide bonds. The Morgan fingerprint density at radius 3 is 2.88 bits per heavy atom. The van der Waals surface area contributed by atoms with Gasteiger partial charge in [0.05, 0.1) is 6.54 Å². The molecule has 1 aliphatic heterocycles. The van der Waals surface area contributed by atoms with Crippen LogP contribution in [0.4, 0.5) is 0 Å². The lowest BCUT2D eigenvalue weighted by molar-refractivity contribution is 0.0832. The van der Waals surface area contributed by atoms with Crippen LogP contribution >= 0.6 is 0 Å². The topological polar surface area (TPSA) is 83.4 Å². The van der Waals surface area contributed by atoms with E-state index >= 15 is 0 Å². The quantitative estimate of drug-likeness (QED) is 0.834. The van der Waals surface area contributed by atoms with Crippen molar-refractivity contribution in [1.29, 1.82) is 0 Å². The van der Waals surface area contributed by atoms with Gasteiger partial charge in [-0.3, -0.25) is 0 Å². The standard InChI is InChI=1S/C11H11N3O3/c12-5-10-13-11(14-17-10)9-6-15-7-3-1-2-4-8(7)16-9/h1-4,9H,5-6,12H2. The number of fused-ring (bicyclic) bond motifs is 1. The number of rotatable bonds is 2. The largest absolute Gasteiger partial charge is 0.485 e. The molecule has 2 heterocycles. The third kappa shape index (κ3) is 1.83. The third-order valence-electron chi connectivity index (χ3n) is 2.45. The van der Waals surface area contributed by atoms with E-state index in [1.807, 2.05) is 24.3 Å². The summed E-state index contributed by atoms with van der Waals surface area (Å²) in [4.78, 5) is 4.12. The molecule has 1 aromatic carbocycles. The summed E-state index contributed by atoms with van der Waals surface area (Å²) in [6, 6.07) is 7.47. The number of ether oxygens (including phenoxy) is 2. The van der Waals surface area contributed by atoms with Crippen molar-refractivity contribution in [3.63, 3.8) is 0 Å². The average molecular weight is 233 g/mol. The van der Waals surface area contributed by atoms with Crippen molar-refractivity contribution in [2.24, 2.45) is 5.73 Å². The fourth-order valence-corrected chi connectivity index (χ4v) is 1.63. The van der Waals surface area contributed by atoms with E-state index in [-0.39, 0.29) is 12.6 Å².